The van der Waals surface area contributed by atoms with Crippen LogP contribution in [-0.2, 0) is 11.2 Å². The first-order valence-corrected chi connectivity index (χ1v) is 8.33. The van der Waals surface area contributed by atoms with Gasteiger partial charge >= 0.3 is 0 Å². The molecule has 1 saturated heterocycles. The van der Waals surface area contributed by atoms with Crippen molar-refractivity contribution in [2.75, 3.05) is 26.8 Å². The molecule has 0 radical (unpaired) electrons. The number of benzene rings is 1. The highest BCUT2D eigenvalue weighted by Gasteiger charge is 2.41. The number of amides is 1. The SMILES string of the molecule is COc1cccc2c1OCC(C(=O)N1CC(C3CCC3)C1)C2. The zero-order valence-corrected chi connectivity index (χ0v) is 13.1. The maximum Gasteiger partial charge on any atom is 0.229 e. The van der Waals surface area contributed by atoms with E-state index in [2.05, 4.69) is 0 Å². The number of methoxy groups -OCH3 is 1. The fraction of sp³-hybridized carbons (Fsp3) is 0.611. The second-order valence-electron chi connectivity index (χ2n) is 6.85. The van der Waals surface area contributed by atoms with E-state index in [0.29, 0.717) is 6.61 Å². The van der Waals surface area contributed by atoms with Crippen LogP contribution in [0, 0.1) is 17.8 Å². The average Bonchev–Trinajstić information content (AvgIpc) is 2.46. The molecule has 1 aliphatic carbocycles. The van der Waals surface area contributed by atoms with Crippen molar-refractivity contribution < 1.29 is 14.3 Å². The van der Waals surface area contributed by atoms with Crippen molar-refractivity contribution in [3.8, 4) is 11.5 Å². The first-order chi connectivity index (χ1) is 10.8. The van der Waals surface area contributed by atoms with E-state index in [4.69, 9.17) is 9.47 Å². The molecule has 1 aromatic rings. The summed E-state index contributed by atoms with van der Waals surface area (Å²) in [6.45, 7) is 2.40. The maximum atomic E-state index is 12.6. The number of carbonyl (C=O) groups is 1. The third kappa shape index (κ3) is 2.25. The van der Waals surface area contributed by atoms with Gasteiger partial charge in [-0.25, -0.2) is 0 Å². The van der Waals surface area contributed by atoms with Gasteiger partial charge in [0.2, 0.25) is 5.91 Å². The Morgan fingerprint density at radius 2 is 2.09 bits per heavy atom. The molecule has 0 N–H and O–H groups in total. The molecular formula is C18H23NO3. The summed E-state index contributed by atoms with van der Waals surface area (Å²) in [4.78, 5) is 14.7. The molecule has 4 heteroatoms. The fourth-order valence-electron chi connectivity index (χ4n) is 3.87. The summed E-state index contributed by atoms with van der Waals surface area (Å²) in [5.74, 6) is 3.44. The molecule has 1 amide bonds. The lowest BCUT2D eigenvalue weighted by molar-refractivity contribution is -0.145. The maximum absolute atomic E-state index is 12.6. The molecule has 1 unspecified atom stereocenters. The topological polar surface area (TPSA) is 38.8 Å². The van der Waals surface area contributed by atoms with Gasteiger partial charge in [-0.2, -0.15) is 0 Å². The van der Waals surface area contributed by atoms with Gasteiger partial charge in [0.25, 0.3) is 0 Å². The number of hydrogen-bond donors (Lipinski definition) is 0. The van der Waals surface area contributed by atoms with Gasteiger partial charge in [-0.3, -0.25) is 4.79 Å². The highest BCUT2D eigenvalue weighted by Crippen LogP contribution is 2.40. The summed E-state index contributed by atoms with van der Waals surface area (Å²) >= 11 is 0. The van der Waals surface area contributed by atoms with Crippen molar-refractivity contribution in [1.82, 2.24) is 4.90 Å². The minimum absolute atomic E-state index is 0.0399. The summed E-state index contributed by atoms with van der Waals surface area (Å²) in [5.41, 5.74) is 1.08. The Morgan fingerprint density at radius 1 is 1.27 bits per heavy atom. The van der Waals surface area contributed by atoms with E-state index in [1.165, 1.54) is 19.3 Å². The smallest absolute Gasteiger partial charge is 0.229 e. The Kier molecular flexibility index (Phi) is 3.47. The van der Waals surface area contributed by atoms with Crippen molar-refractivity contribution in [2.24, 2.45) is 17.8 Å². The Morgan fingerprint density at radius 3 is 2.77 bits per heavy atom. The minimum atomic E-state index is -0.0399. The summed E-state index contributed by atoms with van der Waals surface area (Å²) in [6.07, 6.45) is 4.87. The van der Waals surface area contributed by atoms with E-state index >= 15 is 0 Å². The molecule has 0 aromatic heterocycles. The quantitative estimate of drug-likeness (QED) is 0.861. The predicted octanol–water partition coefficient (Wildman–Crippen LogP) is 2.50. The van der Waals surface area contributed by atoms with Crippen LogP contribution in [0.2, 0.25) is 0 Å². The molecule has 118 valence electrons. The third-order valence-corrected chi connectivity index (χ3v) is 5.56. The largest absolute Gasteiger partial charge is 0.493 e. The molecule has 4 rings (SSSR count). The Bertz CT molecular complexity index is 576. The van der Waals surface area contributed by atoms with Crippen LogP contribution in [0.5, 0.6) is 11.5 Å². The fourth-order valence-corrected chi connectivity index (χ4v) is 3.87. The van der Waals surface area contributed by atoms with Crippen LogP contribution in [0.3, 0.4) is 0 Å². The van der Waals surface area contributed by atoms with E-state index in [1.807, 2.05) is 23.1 Å². The molecule has 4 nitrogen and oxygen atoms in total. The molecule has 0 bridgehead atoms. The summed E-state index contributed by atoms with van der Waals surface area (Å²) in [5, 5.41) is 0. The number of carbonyl (C=O) groups excluding carboxylic acids is 1. The first-order valence-electron chi connectivity index (χ1n) is 8.33. The number of fused-ring (bicyclic) bond motifs is 1. The molecule has 0 spiro atoms. The molecule has 1 saturated carbocycles. The van der Waals surface area contributed by atoms with Gasteiger partial charge in [0.15, 0.2) is 11.5 Å². The van der Waals surface area contributed by atoms with Crippen LogP contribution in [-0.4, -0.2) is 37.6 Å². The van der Waals surface area contributed by atoms with E-state index in [0.717, 1.165) is 48.4 Å². The van der Waals surface area contributed by atoms with Gasteiger partial charge in [-0.15, -0.1) is 0 Å². The van der Waals surface area contributed by atoms with Crippen molar-refractivity contribution >= 4 is 5.91 Å². The number of ether oxygens (including phenoxy) is 2. The molecule has 2 heterocycles. The average molecular weight is 301 g/mol. The Balaban J connectivity index is 1.39. The molecule has 22 heavy (non-hydrogen) atoms. The van der Waals surface area contributed by atoms with Gasteiger partial charge in [0.1, 0.15) is 6.61 Å². The minimum Gasteiger partial charge on any atom is -0.493 e. The van der Waals surface area contributed by atoms with Crippen LogP contribution >= 0.6 is 0 Å². The van der Waals surface area contributed by atoms with E-state index in [9.17, 15) is 4.79 Å². The van der Waals surface area contributed by atoms with Crippen LogP contribution in [0.1, 0.15) is 24.8 Å². The van der Waals surface area contributed by atoms with Crippen LogP contribution in [0.25, 0.3) is 0 Å². The first kappa shape index (κ1) is 13.9. The van der Waals surface area contributed by atoms with Crippen LogP contribution in [0.15, 0.2) is 18.2 Å². The van der Waals surface area contributed by atoms with Gasteiger partial charge in [0.05, 0.1) is 13.0 Å². The standard InChI is InChI=1S/C18H23NO3/c1-21-16-7-3-6-13-8-14(11-22-17(13)16)18(20)19-9-15(10-19)12-4-2-5-12/h3,6-7,12,14-15H,2,4-5,8-11H2,1H3. The van der Waals surface area contributed by atoms with Crippen molar-refractivity contribution in [2.45, 2.75) is 25.7 Å². The molecule has 2 fully saturated rings. The van der Waals surface area contributed by atoms with Gasteiger partial charge in [0, 0.05) is 13.1 Å². The van der Waals surface area contributed by atoms with E-state index < -0.39 is 0 Å². The monoisotopic (exact) mass is 301 g/mol. The molecule has 1 aromatic carbocycles. The zero-order valence-electron chi connectivity index (χ0n) is 13.1. The van der Waals surface area contributed by atoms with Crippen LogP contribution < -0.4 is 9.47 Å². The molecule has 1 atom stereocenters. The zero-order chi connectivity index (χ0) is 15.1. The second-order valence-corrected chi connectivity index (χ2v) is 6.85. The van der Waals surface area contributed by atoms with E-state index in [-0.39, 0.29) is 11.8 Å². The molecular weight excluding hydrogens is 278 g/mol. The lowest BCUT2D eigenvalue weighted by Crippen LogP contribution is -2.56. The number of nitrogens with zero attached hydrogens (tertiary/aromatic N) is 1. The highest BCUT2D eigenvalue weighted by atomic mass is 16.5. The summed E-state index contributed by atoms with van der Waals surface area (Å²) < 4.78 is 11.2. The van der Waals surface area contributed by atoms with Crippen LogP contribution in [0.4, 0.5) is 0 Å². The highest BCUT2D eigenvalue weighted by molar-refractivity contribution is 5.80. The van der Waals surface area contributed by atoms with E-state index in [1.54, 1.807) is 7.11 Å². The van der Waals surface area contributed by atoms with Gasteiger partial charge < -0.3 is 14.4 Å². The summed E-state index contributed by atoms with van der Waals surface area (Å²) in [7, 11) is 1.65. The molecule has 3 aliphatic rings. The number of para-hydroxylation sites is 1. The number of rotatable bonds is 3. The lowest BCUT2D eigenvalue weighted by Gasteiger charge is -2.47. The Hall–Kier alpha value is -1.71. The lowest BCUT2D eigenvalue weighted by atomic mass is 9.72. The van der Waals surface area contributed by atoms with Gasteiger partial charge in [-0.05, 0) is 29.9 Å². The van der Waals surface area contributed by atoms with Crippen molar-refractivity contribution in [3.05, 3.63) is 23.8 Å². The predicted molar refractivity (Wildman–Crippen MR) is 83.1 cm³/mol. The number of hydrogen-bond acceptors (Lipinski definition) is 3. The van der Waals surface area contributed by atoms with Gasteiger partial charge in [-0.1, -0.05) is 31.4 Å². The normalized spacial score (nSPS) is 24.8. The third-order valence-electron chi connectivity index (χ3n) is 5.56. The molecule has 2 aliphatic heterocycles. The Labute approximate surface area is 131 Å². The number of likely N-dealkylation sites (tertiary alicyclic amines) is 1. The van der Waals surface area contributed by atoms with Crippen molar-refractivity contribution in [1.29, 1.82) is 0 Å². The summed E-state index contributed by atoms with van der Waals surface area (Å²) in [6, 6.07) is 5.90. The second kappa shape index (κ2) is 5.49. The van der Waals surface area contributed by atoms with Crippen molar-refractivity contribution in [3.63, 3.8) is 0 Å².